The van der Waals surface area contributed by atoms with E-state index in [0.29, 0.717) is 11.5 Å². The highest BCUT2D eigenvalue weighted by atomic mass is 15.2. The number of aryl methyl sites for hydroxylation is 1. The fraction of sp³-hybridized carbons (Fsp3) is 0.600. The van der Waals surface area contributed by atoms with E-state index in [4.69, 9.17) is 5.84 Å². The molecule has 17 heavy (non-hydrogen) atoms. The normalized spacial score (nSPS) is 20.4. The van der Waals surface area contributed by atoms with Gasteiger partial charge >= 0.3 is 0 Å². The predicted molar refractivity (Wildman–Crippen MR) is 72.6 cm³/mol. The van der Waals surface area contributed by atoms with Crippen molar-refractivity contribution in [3.63, 3.8) is 0 Å². The number of benzene rings is 1. The third kappa shape index (κ3) is 2.70. The van der Waals surface area contributed by atoms with Crippen molar-refractivity contribution >= 4 is 0 Å². The molecule has 1 saturated carbocycles. The number of nitrogens with one attached hydrogen (secondary N) is 1. The van der Waals surface area contributed by atoms with E-state index in [1.54, 1.807) is 0 Å². The highest BCUT2D eigenvalue weighted by molar-refractivity contribution is 5.26. The van der Waals surface area contributed by atoms with Gasteiger partial charge in [-0.3, -0.25) is 11.3 Å². The molecule has 94 valence electrons. The average molecular weight is 232 g/mol. The maximum Gasteiger partial charge on any atom is 0.0304 e. The fourth-order valence-electron chi connectivity index (χ4n) is 3.10. The summed E-state index contributed by atoms with van der Waals surface area (Å²) in [5, 5.41) is 0. The Hall–Kier alpha value is -0.860. The summed E-state index contributed by atoms with van der Waals surface area (Å²) in [4.78, 5) is 0. The molecule has 0 bridgehead atoms. The van der Waals surface area contributed by atoms with Gasteiger partial charge in [0.15, 0.2) is 0 Å². The first-order valence-electron chi connectivity index (χ1n) is 6.66. The zero-order valence-corrected chi connectivity index (χ0v) is 11.0. The number of rotatable bonds is 4. The molecule has 1 aromatic rings. The Balaban J connectivity index is 2.12. The van der Waals surface area contributed by atoms with Crippen LogP contribution in [0.2, 0.25) is 0 Å². The van der Waals surface area contributed by atoms with Gasteiger partial charge in [0.2, 0.25) is 0 Å². The van der Waals surface area contributed by atoms with Crippen molar-refractivity contribution in [2.45, 2.75) is 52.0 Å². The molecule has 0 aromatic heterocycles. The Morgan fingerprint density at radius 3 is 2.53 bits per heavy atom. The summed E-state index contributed by atoms with van der Waals surface area (Å²) in [6, 6.07) is 9.01. The Morgan fingerprint density at radius 2 is 1.94 bits per heavy atom. The fourth-order valence-corrected chi connectivity index (χ4v) is 3.10. The lowest BCUT2D eigenvalue weighted by atomic mass is 9.78. The Kier molecular flexibility index (Phi) is 3.85. The predicted octanol–water partition coefficient (Wildman–Crippen LogP) is 2.95. The molecule has 1 aliphatic carbocycles. The first-order chi connectivity index (χ1) is 8.15. The maximum absolute atomic E-state index is 5.79. The van der Waals surface area contributed by atoms with Crippen LogP contribution in [0, 0.1) is 12.3 Å². The van der Waals surface area contributed by atoms with Gasteiger partial charge < -0.3 is 0 Å². The van der Waals surface area contributed by atoms with Crippen molar-refractivity contribution in [2.24, 2.45) is 11.3 Å². The smallest absolute Gasteiger partial charge is 0.0304 e. The van der Waals surface area contributed by atoms with E-state index in [-0.39, 0.29) is 0 Å². The maximum atomic E-state index is 5.79. The highest BCUT2D eigenvalue weighted by Gasteiger charge is 2.36. The largest absolute Gasteiger partial charge is 0.271 e. The lowest BCUT2D eigenvalue weighted by Gasteiger charge is -2.34. The van der Waals surface area contributed by atoms with Crippen molar-refractivity contribution in [1.29, 1.82) is 0 Å². The van der Waals surface area contributed by atoms with E-state index in [0.717, 1.165) is 6.42 Å². The zero-order valence-electron chi connectivity index (χ0n) is 11.0. The van der Waals surface area contributed by atoms with E-state index in [1.165, 1.54) is 36.8 Å². The Bertz CT molecular complexity index is 367. The van der Waals surface area contributed by atoms with Gasteiger partial charge in [0.05, 0.1) is 0 Å². The quantitative estimate of drug-likeness (QED) is 0.619. The molecule has 1 atom stereocenters. The average Bonchev–Trinajstić information content (AvgIpc) is 2.76. The third-order valence-electron chi connectivity index (χ3n) is 4.47. The molecule has 1 aromatic carbocycles. The van der Waals surface area contributed by atoms with Crippen LogP contribution in [0.1, 0.15) is 43.7 Å². The molecule has 2 rings (SSSR count). The van der Waals surface area contributed by atoms with Crippen molar-refractivity contribution in [3.8, 4) is 0 Å². The van der Waals surface area contributed by atoms with Gasteiger partial charge in [0, 0.05) is 6.04 Å². The summed E-state index contributed by atoms with van der Waals surface area (Å²) in [6.45, 7) is 4.56. The number of nitrogens with two attached hydrogens (primary N) is 1. The molecule has 0 spiro atoms. The molecular formula is C15H24N2. The summed E-state index contributed by atoms with van der Waals surface area (Å²) in [6.07, 6.45) is 6.34. The van der Waals surface area contributed by atoms with Gasteiger partial charge in [0.1, 0.15) is 0 Å². The summed E-state index contributed by atoms with van der Waals surface area (Å²) in [5.41, 5.74) is 6.22. The minimum absolute atomic E-state index is 0.372. The van der Waals surface area contributed by atoms with E-state index < -0.39 is 0 Å². The molecule has 1 aliphatic rings. The van der Waals surface area contributed by atoms with Crippen LogP contribution in [0.4, 0.5) is 0 Å². The second-order valence-corrected chi connectivity index (χ2v) is 5.71. The Morgan fingerprint density at radius 1 is 1.29 bits per heavy atom. The lowest BCUT2D eigenvalue weighted by Crippen LogP contribution is -2.47. The van der Waals surface area contributed by atoms with Crippen LogP contribution < -0.4 is 11.3 Å². The molecular weight excluding hydrogens is 208 g/mol. The van der Waals surface area contributed by atoms with Gasteiger partial charge in [-0.25, -0.2) is 0 Å². The van der Waals surface area contributed by atoms with Crippen LogP contribution in [0.15, 0.2) is 24.3 Å². The molecule has 0 saturated heterocycles. The number of hydrazine groups is 1. The SMILES string of the molecule is Cc1ccccc1CC(NN)C1(C)CCCC1. The molecule has 0 aliphatic heterocycles. The van der Waals surface area contributed by atoms with Crippen molar-refractivity contribution in [1.82, 2.24) is 5.43 Å². The zero-order chi connectivity index (χ0) is 12.3. The molecule has 1 unspecified atom stereocenters. The second-order valence-electron chi connectivity index (χ2n) is 5.71. The van der Waals surface area contributed by atoms with E-state index in [2.05, 4.69) is 43.5 Å². The summed E-state index contributed by atoms with van der Waals surface area (Å²) in [7, 11) is 0. The molecule has 3 N–H and O–H groups in total. The molecule has 0 amide bonds. The van der Waals surface area contributed by atoms with Gasteiger partial charge in [-0.05, 0) is 42.7 Å². The minimum atomic E-state index is 0.372. The molecule has 0 radical (unpaired) electrons. The van der Waals surface area contributed by atoms with Crippen LogP contribution >= 0.6 is 0 Å². The number of hydrogen-bond acceptors (Lipinski definition) is 2. The monoisotopic (exact) mass is 232 g/mol. The molecule has 1 fully saturated rings. The van der Waals surface area contributed by atoms with Gasteiger partial charge in [-0.15, -0.1) is 0 Å². The van der Waals surface area contributed by atoms with Crippen molar-refractivity contribution < 1.29 is 0 Å². The van der Waals surface area contributed by atoms with E-state index in [9.17, 15) is 0 Å². The summed E-state index contributed by atoms with van der Waals surface area (Å²) in [5.74, 6) is 5.79. The van der Waals surface area contributed by atoms with Crippen molar-refractivity contribution in [2.75, 3.05) is 0 Å². The summed E-state index contributed by atoms with van der Waals surface area (Å²) >= 11 is 0. The number of hydrogen-bond donors (Lipinski definition) is 2. The standard InChI is InChI=1S/C15H24N2/c1-12-7-3-4-8-13(12)11-14(17-16)15(2)9-5-6-10-15/h3-4,7-8,14,17H,5-6,9-11,16H2,1-2H3. The van der Waals surface area contributed by atoms with Gasteiger partial charge in [0.25, 0.3) is 0 Å². The second kappa shape index (κ2) is 5.19. The topological polar surface area (TPSA) is 38.0 Å². The first kappa shape index (κ1) is 12.6. The van der Waals surface area contributed by atoms with Crippen molar-refractivity contribution in [3.05, 3.63) is 35.4 Å². The summed E-state index contributed by atoms with van der Waals surface area (Å²) < 4.78 is 0. The van der Waals surface area contributed by atoms with E-state index in [1.807, 2.05) is 0 Å². The van der Waals surface area contributed by atoms with Crippen LogP contribution in [-0.2, 0) is 6.42 Å². The molecule has 2 nitrogen and oxygen atoms in total. The van der Waals surface area contributed by atoms with Crippen LogP contribution in [0.25, 0.3) is 0 Å². The lowest BCUT2D eigenvalue weighted by molar-refractivity contribution is 0.220. The third-order valence-corrected chi connectivity index (χ3v) is 4.47. The Labute approximate surface area is 105 Å². The van der Waals surface area contributed by atoms with Gasteiger partial charge in [-0.2, -0.15) is 0 Å². The van der Waals surface area contributed by atoms with Crippen LogP contribution in [0.3, 0.4) is 0 Å². The van der Waals surface area contributed by atoms with Gasteiger partial charge in [-0.1, -0.05) is 44.0 Å². The molecule has 0 heterocycles. The van der Waals surface area contributed by atoms with Crippen LogP contribution in [0.5, 0.6) is 0 Å². The van der Waals surface area contributed by atoms with E-state index >= 15 is 0 Å². The molecule has 2 heteroatoms. The van der Waals surface area contributed by atoms with Crippen LogP contribution in [-0.4, -0.2) is 6.04 Å². The highest BCUT2D eigenvalue weighted by Crippen LogP contribution is 2.41. The minimum Gasteiger partial charge on any atom is -0.271 e. The first-order valence-corrected chi connectivity index (χ1v) is 6.66.